The number of amides is 3. The Morgan fingerprint density at radius 3 is 2.34 bits per heavy atom. The van der Waals surface area contributed by atoms with Crippen LogP contribution in [0.15, 0.2) is 16.6 Å². The van der Waals surface area contributed by atoms with Crippen molar-refractivity contribution in [3.63, 3.8) is 0 Å². The van der Waals surface area contributed by atoms with Crippen LogP contribution in [0.1, 0.15) is 30.4 Å². The Labute approximate surface area is 177 Å². The zero-order chi connectivity index (χ0) is 20.9. The van der Waals surface area contributed by atoms with Gasteiger partial charge in [0.15, 0.2) is 6.61 Å². The molecule has 7 nitrogen and oxygen atoms in total. The minimum absolute atomic E-state index is 0.255. The molecule has 1 aromatic rings. The Morgan fingerprint density at radius 1 is 1.10 bits per heavy atom. The summed E-state index contributed by atoms with van der Waals surface area (Å²) in [6.45, 7) is 2.92. The van der Waals surface area contributed by atoms with Crippen molar-refractivity contribution >= 4 is 45.3 Å². The molecular weight excluding hydrogens is 440 g/mol. The highest BCUT2D eigenvalue weighted by molar-refractivity contribution is 9.10. The van der Waals surface area contributed by atoms with Crippen molar-refractivity contribution in [2.45, 2.75) is 33.1 Å². The number of nitrogens with zero attached hydrogens (tertiary/aromatic N) is 1. The number of rotatable bonds is 5. The van der Waals surface area contributed by atoms with Crippen molar-refractivity contribution < 1.29 is 23.9 Å². The molecule has 0 spiro atoms. The second kappa shape index (κ2) is 7.55. The van der Waals surface area contributed by atoms with Crippen molar-refractivity contribution in [3.05, 3.63) is 27.7 Å². The maximum Gasteiger partial charge on any atom is 0.326 e. The fourth-order valence-corrected chi connectivity index (χ4v) is 5.49. The molecule has 1 N–H and O–H groups in total. The first-order valence-electron chi connectivity index (χ1n) is 9.84. The van der Waals surface area contributed by atoms with Crippen molar-refractivity contribution in [1.82, 2.24) is 4.90 Å². The summed E-state index contributed by atoms with van der Waals surface area (Å²) < 4.78 is 5.96. The van der Waals surface area contributed by atoms with Gasteiger partial charge in [-0.15, -0.1) is 0 Å². The van der Waals surface area contributed by atoms with Crippen LogP contribution in [-0.4, -0.2) is 41.7 Å². The minimum Gasteiger partial charge on any atom is -0.454 e. The highest BCUT2D eigenvalue weighted by Gasteiger charge is 2.61. The summed E-state index contributed by atoms with van der Waals surface area (Å²) in [6, 6.07) is 3.60. The number of likely N-dealkylation sites (tertiary alicyclic amines) is 1. The number of esters is 1. The number of hydrogen-bond acceptors (Lipinski definition) is 5. The smallest absolute Gasteiger partial charge is 0.326 e. The van der Waals surface area contributed by atoms with Gasteiger partial charge in [-0.1, -0.05) is 15.9 Å². The maximum atomic E-state index is 12.6. The molecule has 3 aliphatic rings. The molecule has 1 aliphatic heterocycles. The number of hydrogen-bond donors (Lipinski definition) is 1. The van der Waals surface area contributed by atoms with E-state index in [1.165, 1.54) is 0 Å². The lowest BCUT2D eigenvalue weighted by molar-refractivity contribution is -0.154. The highest BCUT2D eigenvalue weighted by Crippen LogP contribution is 2.56. The molecule has 1 saturated heterocycles. The number of carbonyl (C=O) groups excluding carboxylic acids is 4. The van der Waals surface area contributed by atoms with Gasteiger partial charge in [0.05, 0.1) is 11.8 Å². The second-order valence-corrected chi connectivity index (χ2v) is 9.06. The van der Waals surface area contributed by atoms with Crippen LogP contribution in [-0.2, 0) is 23.9 Å². The fourth-order valence-electron chi connectivity index (χ4n) is 5.06. The van der Waals surface area contributed by atoms with E-state index in [9.17, 15) is 19.2 Å². The van der Waals surface area contributed by atoms with E-state index in [0.717, 1.165) is 39.8 Å². The van der Waals surface area contributed by atoms with Crippen molar-refractivity contribution in [2.75, 3.05) is 18.5 Å². The van der Waals surface area contributed by atoms with E-state index in [1.807, 2.05) is 19.9 Å². The summed E-state index contributed by atoms with van der Waals surface area (Å²) >= 11 is 3.43. The van der Waals surface area contributed by atoms with E-state index in [4.69, 9.17) is 4.74 Å². The van der Waals surface area contributed by atoms with Gasteiger partial charge < -0.3 is 10.1 Å². The molecule has 0 aromatic heterocycles. The first kappa shape index (κ1) is 20.1. The Bertz CT molecular complexity index is 887. The molecule has 1 aromatic carbocycles. The monoisotopic (exact) mass is 462 g/mol. The summed E-state index contributed by atoms with van der Waals surface area (Å²) in [5.41, 5.74) is 2.55. The molecule has 2 aliphatic carbocycles. The van der Waals surface area contributed by atoms with Crippen LogP contribution >= 0.6 is 15.9 Å². The van der Waals surface area contributed by atoms with Gasteiger partial charge in [0.2, 0.25) is 11.8 Å². The van der Waals surface area contributed by atoms with Crippen molar-refractivity contribution in [1.29, 1.82) is 0 Å². The van der Waals surface area contributed by atoms with E-state index >= 15 is 0 Å². The van der Waals surface area contributed by atoms with Crippen LogP contribution in [0.5, 0.6) is 0 Å². The van der Waals surface area contributed by atoms with Gasteiger partial charge in [0.25, 0.3) is 5.91 Å². The lowest BCUT2D eigenvalue weighted by Crippen LogP contribution is -2.38. The highest BCUT2D eigenvalue weighted by atomic mass is 79.9. The summed E-state index contributed by atoms with van der Waals surface area (Å²) in [5.74, 6) is -1.72. The molecule has 2 saturated carbocycles. The SMILES string of the molecule is Cc1c(Br)ccc(NC(=O)COC(=O)CN2C(=O)[C@@H]3[C@H]4CC[C@@H](C4)[C@@H]3C2=O)c1C. The number of nitrogens with one attached hydrogen (secondary N) is 1. The van der Waals surface area contributed by atoms with Crippen LogP contribution in [0.3, 0.4) is 0 Å². The number of imide groups is 1. The van der Waals surface area contributed by atoms with Crippen LogP contribution in [0.4, 0.5) is 5.69 Å². The topological polar surface area (TPSA) is 92.8 Å². The van der Waals surface area contributed by atoms with Gasteiger partial charge in [0.1, 0.15) is 6.54 Å². The molecule has 2 bridgehead atoms. The predicted octanol–water partition coefficient (Wildman–Crippen LogP) is 2.58. The molecule has 3 amide bonds. The predicted molar refractivity (Wildman–Crippen MR) is 108 cm³/mol. The lowest BCUT2D eigenvalue weighted by atomic mass is 9.81. The summed E-state index contributed by atoms with van der Waals surface area (Å²) in [5, 5.41) is 2.71. The third-order valence-electron chi connectivity index (χ3n) is 6.67. The largest absolute Gasteiger partial charge is 0.454 e. The third kappa shape index (κ3) is 3.47. The fraction of sp³-hybridized carbons (Fsp3) is 0.524. The standard InChI is InChI=1S/C21H23BrN2O5/c1-10-11(2)15(6-5-14(10)22)23-16(25)9-29-17(26)8-24-20(27)18-12-3-4-13(7-12)19(18)21(24)28/h5-6,12-13,18-19H,3-4,7-9H2,1-2H3,(H,23,25)/t12-,13-,18-,19+/m0/s1. The van der Waals surface area contributed by atoms with Crippen molar-refractivity contribution in [3.8, 4) is 0 Å². The average molecular weight is 463 g/mol. The van der Waals surface area contributed by atoms with Crippen LogP contribution in [0.2, 0.25) is 0 Å². The molecule has 0 radical (unpaired) electrons. The zero-order valence-corrected chi connectivity index (χ0v) is 18.0. The second-order valence-electron chi connectivity index (χ2n) is 8.20. The van der Waals surface area contributed by atoms with E-state index in [-0.39, 0.29) is 35.5 Å². The third-order valence-corrected chi connectivity index (χ3v) is 7.52. The van der Waals surface area contributed by atoms with Crippen LogP contribution in [0, 0.1) is 37.5 Å². The maximum absolute atomic E-state index is 12.6. The van der Waals surface area contributed by atoms with Crippen molar-refractivity contribution in [2.24, 2.45) is 23.7 Å². The summed E-state index contributed by atoms with van der Waals surface area (Å²) in [4.78, 5) is 50.6. The average Bonchev–Trinajstić information content (AvgIpc) is 3.37. The van der Waals surface area contributed by atoms with Gasteiger partial charge in [0, 0.05) is 10.2 Å². The Kier molecular flexibility index (Phi) is 5.23. The molecule has 4 atom stereocenters. The number of anilines is 1. The van der Waals surface area contributed by atoms with E-state index in [1.54, 1.807) is 6.07 Å². The van der Waals surface area contributed by atoms with Crippen LogP contribution < -0.4 is 5.32 Å². The number of fused-ring (bicyclic) bond motifs is 5. The van der Waals surface area contributed by atoms with Crippen LogP contribution in [0.25, 0.3) is 0 Å². The molecule has 1 heterocycles. The zero-order valence-electron chi connectivity index (χ0n) is 16.4. The molecular formula is C21H23BrN2O5. The van der Waals surface area contributed by atoms with E-state index in [0.29, 0.717) is 5.69 Å². The van der Waals surface area contributed by atoms with Gasteiger partial charge >= 0.3 is 5.97 Å². The number of ether oxygens (including phenoxy) is 1. The number of benzene rings is 1. The quantitative estimate of drug-likeness (QED) is 0.536. The van der Waals surface area contributed by atoms with Gasteiger partial charge in [-0.25, -0.2) is 0 Å². The number of halogens is 1. The lowest BCUT2D eigenvalue weighted by Gasteiger charge is -2.19. The van der Waals surface area contributed by atoms with Gasteiger partial charge in [-0.3, -0.25) is 24.1 Å². The normalized spacial score (nSPS) is 27.3. The summed E-state index contributed by atoms with van der Waals surface area (Å²) in [7, 11) is 0. The molecule has 29 heavy (non-hydrogen) atoms. The van der Waals surface area contributed by atoms with Gasteiger partial charge in [-0.2, -0.15) is 0 Å². The Balaban J connectivity index is 1.30. The molecule has 154 valence electrons. The Morgan fingerprint density at radius 2 is 1.72 bits per heavy atom. The molecule has 0 unspecified atom stereocenters. The first-order chi connectivity index (χ1) is 13.8. The Hall–Kier alpha value is -2.22. The van der Waals surface area contributed by atoms with Gasteiger partial charge in [-0.05, 0) is 68.2 Å². The van der Waals surface area contributed by atoms with E-state index in [2.05, 4.69) is 21.2 Å². The summed E-state index contributed by atoms with van der Waals surface area (Å²) in [6.07, 6.45) is 2.91. The minimum atomic E-state index is -0.752. The molecule has 4 rings (SSSR count). The first-order valence-corrected chi connectivity index (χ1v) is 10.6. The number of carbonyl (C=O) groups is 4. The molecule has 3 fully saturated rings. The van der Waals surface area contributed by atoms with E-state index < -0.39 is 25.0 Å². The molecule has 8 heteroatoms.